The van der Waals surface area contributed by atoms with Crippen molar-refractivity contribution in [2.45, 2.75) is 18.6 Å². The van der Waals surface area contributed by atoms with Crippen molar-refractivity contribution in [1.29, 1.82) is 0 Å². The zero-order valence-electron chi connectivity index (χ0n) is 13.0. The monoisotopic (exact) mass is 324 g/mol. The van der Waals surface area contributed by atoms with E-state index in [1.54, 1.807) is 65.4 Å². The molecule has 0 bridgehead atoms. The van der Waals surface area contributed by atoms with E-state index in [1.807, 2.05) is 12.1 Å². The van der Waals surface area contributed by atoms with Gasteiger partial charge in [-0.1, -0.05) is 41.6 Å². The average molecular weight is 324 g/mol. The largest absolute Gasteiger partial charge is 0.365 e. The zero-order valence-corrected chi connectivity index (χ0v) is 13.0. The van der Waals surface area contributed by atoms with Crippen LogP contribution >= 0.6 is 0 Å². The van der Waals surface area contributed by atoms with Crippen molar-refractivity contribution < 1.29 is 14.0 Å². The number of allylic oxidation sites excluding steroid dienone is 4. The van der Waals surface area contributed by atoms with Crippen molar-refractivity contribution in [3.8, 4) is 0 Å². The fourth-order valence-electron chi connectivity index (χ4n) is 2.48. The van der Waals surface area contributed by atoms with E-state index in [2.05, 4.69) is 5.16 Å². The second-order valence-electron chi connectivity index (χ2n) is 5.57. The first-order valence-electron chi connectivity index (χ1n) is 7.64. The van der Waals surface area contributed by atoms with E-state index in [0.717, 1.165) is 0 Å². The Morgan fingerprint density at radius 3 is 2.83 bits per heavy atom. The maximum Gasteiger partial charge on any atom is 0.365 e. The Morgan fingerprint density at radius 2 is 2.08 bits per heavy atom. The third-order valence-electron chi connectivity index (χ3n) is 3.73. The second kappa shape index (κ2) is 7.08. The lowest BCUT2D eigenvalue weighted by Crippen LogP contribution is -2.27. The summed E-state index contributed by atoms with van der Waals surface area (Å²) in [5, 5.41) is 3.72. The maximum atomic E-state index is 14.7. The molecule has 24 heavy (non-hydrogen) atoms. The van der Waals surface area contributed by atoms with Gasteiger partial charge in [0.15, 0.2) is 5.67 Å². The third-order valence-corrected chi connectivity index (χ3v) is 3.73. The van der Waals surface area contributed by atoms with E-state index in [-0.39, 0.29) is 6.54 Å². The number of aromatic nitrogens is 1. The van der Waals surface area contributed by atoms with E-state index in [4.69, 9.17) is 4.84 Å². The molecule has 0 spiro atoms. The van der Waals surface area contributed by atoms with Gasteiger partial charge in [-0.2, -0.15) is 0 Å². The van der Waals surface area contributed by atoms with Crippen molar-refractivity contribution in [2.24, 2.45) is 5.16 Å². The Balaban J connectivity index is 1.64. The third kappa shape index (κ3) is 3.87. The Hall–Kier alpha value is -2.95. The standard InChI is InChI=1S/C19H17FN2O2/c20-19(11-5-2-6-12-19)15-22-13-7-10-17(22)14-21-24-18(23)16-8-3-1-4-9-16/h1-11,13-14H,12,15H2/b21-14+. The number of carbonyl (C=O) groups is 1. The number of oxime groups is 1. The van der Waals surface area contributed by atoms with E-state index in [9.17, 15) is 9.18 Å². The highest BCUT2D eigenvalue weighted by atomic mass is 19.1. The molecule has 1 heterocycles. The lowest BCUT2D eigenvalue weighted by atomic mass is 9.97. The number of nitrogens with zero attached hydrogens (tertiary/aromatic N) is 2. The Morgan fingerprint density at radius 1 is 1.25 bits per heavy atom. The molecule has 1 unspecified atom stereocenters. The van der Waals surface area contributed by atoms with Gasteiger partial charge in [0.25, 0.3) is 0 Å². The van der Waals surface area contributed by atoms with Crippen LogP contribution in [0.3, 0.4) is 0 Å². The molecule has 1 aromatic heterocycles. The van der Waals surface area contributed by atoms with Crippen LogP contribution in [0.5, 0.6) is 0 Å². The summed E-state index contributed by atoms with van der Waals surface area (Å²) < 4.78 is 16.4. The van der Waals surface area contributed by atoms with Gasteiger partial charge in [-0.25, -0.2) is 9.18 Å². The predicted octanol–water partition coefficient (Wildman–Crippen LogP) is 3.90. The summed E-state index contributed by atoms with van der Waals surface area (Å²) in [5.74, 6) is -0.535. The Labute approximate surface area is 139 Å². The fraction of sp³-hybridized carbons (Fsp3) is 0.158. The van der Waals surface area contributed by atoms with Gasteiger partial charge in [0.2, 0.25) is 0 Å². The van der Waals surface area contributed by atoms with E-state index in [1.165, 1.54) is 6.21 Å². The van der Waals surface area contributed by atoms with Crippen LogP contribution in [-0.2, 0) is 11.4 Å². The number of hydrogen-bond donors (Lipinski definition) is 0. The van der Waals surface area contributed by atoms with Gasteiger partial charge in [-0.05, 0) is 30.3 Å². The lowest BCUT2D eigenvalue weighted by Gasteiger charge is -2.23. The van der Waals surface area contributed by atoms with Gasteiger partial charge in [-0.15, -0.1) is 0 Å². The van der Waals surface area contributed by atoms with Crippen LogP contribution in [0.4, 0.5) is 4.39 Å². The van der Waals surface area contributed by atoms with Crippen molar-refractivity contribution in [3.05, 3.63) is 84.2 Å². The molecule has 0 N–H and O–H groups in total. The summed E-state index contributed by atoms with van der Waals surface area (Å²) in [7, 11) is 0. The Bertz CT molecular complexity index is 793. The zero-order chi connectivity index (χ0) is 16.8. The molecule has 5 heteroatoms. The molecule has 122 valence electrons. The average Bonchev–Trinajstić information content (AvgIpc) is 3.02. The van der Waals surface area contributed by atoms with E-state index in [0.29, 0.717) is 17.7 Å². The van der Waals surface area contributed by atoms with Crippen molar-refractivity contribution >= 4 is 12.2 Å². The minimum Gasteiger partial charge on any atom is -0.343 e. The summed E-state index contributed by atoms with van der Waals surface area (Å²) in [6.45, 7) is 0.175. The molecule has 0 fully saturated rings. The molecule has 2 aromatic rings. The van der Waals surface area contributed by atoms with Crippen molar-refractivity contribution in [1.82, 2.24) is 4.57 Å². The highest BCUT2D eigenvalue weighted by Gasteiger charge is 2.27. The smallest absolute Gasteiger partial charge is 0.343 e. The molecular formula is C19H17FN2O2. The van der Waals surface area contributed by atoms with Crippen LogP contribution in [0.15, 0.2) is 78.1 Å². The van der Waals surface area contributed by atoms with Gasteiger partial charge >= 0.3 is 5.97 Å². The van der Waals surface area contributed by atoms with E-state index < -0.39 is 11.6 Å². The summed E-state index contributed by atoms with van der Waals surface area (Å²) in [5.41, 5.74) is -0.334. The van der Waals surface area contributed by atoms with Crippen LogP contribution < -0.4 is 0 Å². The summed E-state index contributed by atoms with van der Waals surface area (Å²) in [6.07, 6.45) is 10.4. The van der Waals surface area contributed by atoms with Crippen molar-refractivity contribution in [2.75, 3.05) is 0 Å². The first-order valence-corrected chi connectivity index (χ1v) is 7.64. The quantitative estimate of drug-likeness (QED) is 0.475. The first-order chi connectivity index (χ1) is 11.7. The molecule has 0 aliphatic heterocycles. The number of alkyl halides is 1. The lowest BCUT2D eigenvalue weighted by molar-refractivity contribution is 0.0519. The van der Waals surface area contributed by atoms with Crippen LogP contribution in [0, 0.1) is 0 Å². The number of carbonyl (C=O) groups excluding carboxylic acids is 1. The van der Waals surface area contributed by atoms with Gasteiger partial charge in [0, 0.05) is 12.6 Å². The normalized spacial score (nSPS) is 19.7. The molecule has 1 aliphatic rings. The molecule has 0 saturated carbocycles. The fourth-order valence-corrected chi connectivity index (χ4v) is 2.48. The highest BCUT2D eigenvalue weighted by Crippen LogP contribution is 2.25. The molecular weight excluding hydrogens is 307 g/mol. The van der Waals surface area contributed by atoms with Crippen LogP contribution in [-0.4, -0.2) is 22.4 Å². The minimum absolute atomic E-state index is 0.175. The number of hydrogen-bond acceptors (Lipinski definition) is 3. The van der Waals surface area contributed by atoms with E-state index >= 15 is 0 Å². The van der Waals surface area contributed by atoms with Gasteiger partial charge in [-0.3, -0.25) is 0 Å². The molecule has 1 aromatic carbocycles. The number of benzene rings is 1. The SMILES string of the molecule is O=C(O/N=C/c1cccn1CC1(F)C=CC=CC1)c1ccccc1. The summed E-state index contributed by atoms with van der Waals surface area (Å²) in [6, 6.07) is 12.2. The Kier molecular flexibility index (Phi) is 4.70. The van der Waals surface area contributed by atoms with Crippen LogP contribution in [0.25, 0.3) is 0 Å². The minimum atomic E-state index is -1.42. The maximum absolute atomic E-state index is 14.7. The molecule has 1 aliphatic carbocycles. The molecule has 0 saturated heterocycles. The first kappa shape index (κ1) is 15.9. The summed E-state index contributed by atoms with van der Waals surface area (Å²) >= 11 is 0. The van der Waals surface area contributed by atoms with Gasteiger partial charge in [0.1, 0.15) is 0 Å². The number of halogens is 1. The van der Waals surface area contributed by atoms with Crippen LogP contribution in [0.1, 0.15) is 22.5 Å². The molecule has 1 atom stereocenters. The van der Waals surface area contributed by atoms with Crippen molar-refractivity contribution in [3.63, 3.8) is 0 Å². The molecule has 0 radical (unpaired) electrons. The topological polar surface area (TPSA) is 43.6 Å². The molecule has 4 nitrogen and oxygen atoms in total. The molecule has 3 rings (SSSR count). The van der Waals surface area contributed by atoms with Gasteiger partial charge < -0.3 is 9.40 Å². The molecule has 0 amide bonds. The predicted molar refractivity (Wildman–Crippen MR) is 90.6 cm³/mol. The summed E-state index contributed by atoms with van der Waals surface area (Å²) in [4.78, 5) is 16.7. The number of rotatable bonds is 5. The highest BCUT2D eigenvalue weighted by molar-refractivity contribution is 5.89. The van der Waals surface area contributed by atoms with Gasteiger partial charge in [0.05, 0.1) is 24.0 Å². The second-order valence-corrected chi connectivity index (χ2v) is 5.57. The van der Waals surface area contributed by atoms with Crippen LogP contribution in [0.2, 0.25) is 0 Å².